The summed E-state index contributed by atoms with van der Waals surface area (Å²) in [4.78, 5) is 25.0. The number of hydrogen-bond donors (Lipinski definition) is 2. The van der Waals surface area contributed by atoms with Crippen LogP contribution in [0.3, 0.4) is 0 Å². The number of para-hydroxylation sites is 1. The van der Waals surface area contributed by atoms with E-state index in [4.69, 9.17) is 0 Å². The number of carbonyl (C=O) groups is 2. The summed E-state index contributed by atoms with van der Waals surface area (Å²) in [5.41, 5.74) is 2.12. The van der Waals surface area contributed by atoms with Crippen LogP contribution in [-0.4, -0.2) is 21.6 Å². The van der Waals surface area contributed by atoms with E-state index in [2.05, 4.69) is 15.7 Å². The number of anilines is 2. The highest BCUT2D eigenvalue weighted by Crippen LogP contribution is 2.33. The SMILES string of the molecule is Cc1cnn(Cc2cc(F)ccc2F)c1NC(=O)C1CC(=O)Nc2ccccc21. The van der Waals surface area contributed by atoms with Gasteiger partial charge >= 0.3 is 0 Å². The van der Waals surface area contributed by atoms with Crippen molar-refractivity contribution in [1.82, 2.24) is 9.78 Å². The third kappa shape index (κ3) is 3.73. The molecule has 1 aliphatic heterocycles. The van der Waals surface area contributed by atoms with E-state index in [0.717, 1.165) is 23.8 Å². The second-order valence-electron chi connectivity index (χ2n) is 6.95. The lowest BCUT2D eigenvalue weighted by Crippen LogP contribution is -2.31. The maximum atomic E-state index is 14.0. The van der Waals surface area contributed by atoms with Crippen molar-refractivity contribution in [2.24, 2.45) is 0 Å². The van der Waals surface area contributed by atoms with Crippen LogP contribution in [0.15, 0.2) is 48.7 Å². The van der Waals surface area contributed by atoms with Gasteiger partial charge in [0.25, 0.3) is 0 Å². The van der Waals surface area contributed by atoms with Crippen molar-refractivity contribution in [3.63, 3.8) is 0 Å². The Kier molecular flexibility index (Phi) is 4.84. The van der Waals surface area contributed by atoms with E-state index in [0.29, 0.717) is 17.1 Å². The average Bonchev–Trinajstić information content (AvgIpc) is 3.03. The summed E-state index contributed by atoms with van der Waals surface area (Å²) in [5, 5.41) is 9.74. The van der Waals surface area contributed by atoms with E-state index in [-0.39, 0.29) is 30.3 Å². The van der Waals surface area contributed by atoms with E-state index in [9.17, 15) is 18.4 Å². The molecule has 0 fully saturated rings. The van der Waals surface area contributed by atoms with Crippen molar-refractivity contribution in [2.75, 3.05) is 10.6 Å². The smallest absolute Gasteiger partial charge is 0.233 e. The number of aryl methyl sites for hydroxylation is 1. The third-order valence-corrected chi connectivity index (χ3v) is 4.91. The zero-order valence-corrected chi connectivity index (χ0v) is 15.6. The first kappa shape index (κ1) is 18.8. The highest BCUT2D eigenvalue weighted by molar-refractivity contribution is 6.05. The maximum Gasteiger partial charge on any atom is 0.233 e. The van der Waals surface area contributed by atoms with Crippen LogP contribution < -0.4 is 10.6 Å². The molecule has 2 aromatic carbocycles. The van der Waals surface area contributed by atoms with Gasteiger partial charge in [-0.1, -0.05) is 18.2 Å². The highest BCUT2D eigenvalue weighted by Gasteiger charge is 2.31. The lowest BCUT2D eigenvalue weighted by Gasteiger charge is -2.25. The number of rotatable bonds is 4. The number of nitrogens with zero attached hydrogens (tertiary/aromatic N) is 2. The van der Waals surface area contributed by atoms with Crippen LogP contribution in [-0.2, 0) is 16.1 Å². The summed E-state index contributed by atoms with van der Waals surface area (Å²) >= 11 is 0. The Morgan fingerprint density at radius 1 is 1.28 bits per heavy atom. The fourth-order valence-corrected chi connectivity index (χ4v) is 3.44. The number of benzene rings is 2. The molecule has 1 atom stereocenters. The number of carbonyl (C=O) groups excluding carboxylic acids is 2. The number of aromatic nitrogens is 2. The fraction of sp³-hybridized carbons (Fsp3) is 0.190. The molecule has 0 spiro atoms. The zero-order chi connectivity index (χ0) is 20.5. The molecule has 1 aliphatic rings. The van der Waals surface area contributed by atoms with Crippen molar-refractivity contribution >= 4 is 23.3 Å². The van der Waals surface area contributed by atoms with Crippen LogP contribution in [0.4, 0.5) is 20.3 Å². The van der Waals surface area contributed by atoms with Gasteiger partial charge in [-0.3, -0.25) is 9.59 Å². The summed E-state index contributed by atoms with van der Waals surface area (Å²) in [5.74, 6) is -2.00. The number of nitrogens with one attached hydrogen (secondary N) is 2. The van der Waals surface area contributed by atoms with Crippen LogP contribution >= 0.6 is 0 Å². The lowest BCUT2D eigenvalue weighted by molar-refractivity contribution is -0.123. The van der Waals surface area contributed by atoms with Crippen molar-refractivity contribution in [3.05, 3.63) is 77.0 Å². The maximum absolute atomic E-state index is 14.0. The Balaban J connectivity index is 1.61. The van der Waals surface area contributed by atoms with Crippen molar-refractivity contribution in [3.8, 4) is 0 Å². The van der Waals surface area contributed by atoms with Gasteiger partial charge in [0.15, 0.2) is 0 Å². The van der Waals surface area contributed by atoms with Crippen molar-refractivity contribution in [1.29, 1.82) is 0 Å². The molecule has 4 rings (SSSR count). The molecule has 0 bridgehead atoms. The highest BCUT2D eigenvalue weighted by atomic mass is 19.1. The molecule has 0 saturated carbocycles. The van der Waals surface area contributed by atoms with Crippen LogP contribution in [0.2, 0.25) is 0 Å². The zero-order valence-electron chi connectivity index (χ0n) is 15.6. The van der Waals surface area contributed by atoms with Gasteiger partial charge in [-0.25, -0.2) is 13.5 Å². The van der Waals surface area contributed by atoms with Gasteiger partial charge in [-0.2, -0.15) is 5.10 Å². The Morgan fingerprint density at radius 3 is 2.90 bits per heavy atom. The van der Waals surface area contributed by atoms with Crippen molar-refractivity contribution < 1.29 is 18.4 Å². The number of hydrogen-bond acceptors (Lipinski definition) is 3. The first-order chi connectivity index (χ1) is 13.9. The van der Waals surface area contributed by atoms with Crippen LogP contribution in [0.25, 0.3) is 0 Å². The first-order valence-corrected chi connectivity index (χ1v) is 9.08. The topological polar surface area (TPSA) is 76.0 Å². The van der Waals surface area contributed by atoms with Gasteiger partial charge in [0.1, 0.15) is 17.5 Å². The van der Waals surface area contributed by atoms with Gasteiger partial charge in [-0.15, -0.1) is 0 Å². The third-order valence-electron chi connectivity index (χ3n) is 4.91. The predicted molar refractivity (Wildman–Crippen MR) is 103 cm³/mol. The molecule has 0 aliphatic carbocycles. The number of fused-ring (bicyclic) bond motifs is 1. The standard InChI is InChI=1S/C21H18F2N4O2/c1-12-10-24-27(11-13-8-14(22)6-7-17(13)23)20(12)26-21(29)16-9-19(28)25-18-5-3-2-4-15(16)18/h2-8,10,16H,9,11H2,1H3,(H,25,28)(H,26,29). The molecule has 8 heteroatoms. The minimum Gasteiger partial charge on any atom is -0.326 e. The molecule has 148 valence electrons. The largest absolute Gasteiger partial charge is 0.326 e. The summed E-state index contributed by atoms with van der Waals surface area (Å²) < 4.78 is 28.9. The van der Waals surface area contributed by atoms with Gasteiger partial charge in [0.2, 0.25) is 11.8 Å². The molecule has 29 heavy (non-hydrogen) atoms. The van der Waals surface area contributed by atoms with E-state index in [1.165, 1.54) is 10.9 Å². The Labute approximate surface area is 165 Å². The molecule has 3 aromatic rings. The second-order valence-corrected chi connectivity index (χ2v) is 6.95. The van der Waals surface area contributed by atoms with E-state index < -0.39 is 17.6 Å². The summed E-state index contributed by atoms with van der Waals surface area (Å²) in [6.07, 6.45) is 1.56. The predicted octanol–water partition coefficient (Wildman–Crippen LogP) is 3.58. The van der Waals surface area contributed by atoms with E-state index in [1.807, 2.05) is 0 Å². The molecule has 2 N–H and O–H groups in total. The fourth-order valence-electron chi connectivity index (χ4n) is 3.44. The minimum atomic E-state index is -0.659. The molecule has 1 unspecified atom stereocenters. The summed E-state index contributed by atoms with van der Waals surface area (Å²) in [6.45, 7) is 1.71. The molecular formula is C21H18F2N4O2. The Hall–Kier alpha value is -3.55. The van der Waals surface area contributed by atoms with Gasteiger partial charge in [0, 0.05) is 23.2 Å². The van der Waals surface area contributed by atoms with Gasteiger partial charge < -0.3 is 10.6 Å². The van der Waals surface area contributed by atoms with Gasteiger partial charge in [0.05, 0.1) is 18.7 Å². The van der Waals surface area contributed by atoms with Crippen LogP contribution in [0.5, 0.6) is 0 Å². The molecule has 0 saturated heterocycles. The van der Waals surface area contributed by atoms with Gasteiger partial charge in [-0.05, 0) is 36.8 Å². The minimum absolute atomic E-state index is 0.0224. The molecule has 6 nitrogen and oxygen atoms in total. The molecular weight excluding hydrogens is 378 g/mol. The quantitative estimate of drug-likeness (QED) is 0.708. The number of amides is 2. The Bertz CT molecular complexity index is 1110. The molecule has 2 amide bonds. The monoisotopic (exact) mass is 396 g/mol. The van der Waals surface area contributed by atoms with E-state index in [1.54, 1.807) is 31.2 Å². The van der Waals surface area contributed by atoms with Crippen LogP contribution in [0, 0.1) is 18.6 Å². The summed E-state index contributed by atoms with van der Waals surface area (Å²) in [7, 11) is 0. The lowest BCUT2D eigenvalue weighted by atomic mass is 9.90. The van der Waals surface area contributed by atoms with Crippen molar-refractivity contribution in [2.45, 2.75) is 25.8 Å². The van der Waals surface area contributed by atoms with E-state index >= 15 is 0 Å². The first-order valence-electron chi connectivity index (χ1n) is 9.08. The molecule has 0 radical (unpaired) electrons. The summed E-state index contributed by atoms with van der Waals surface area (Å²) in [6, 6.07) is 10.3. The number of halogens is 2. The molecule has 1 aromatic heterocycles. The molecule has 2 heterocycles. The Morgan fingerprint density at radius 2 is 2.07 bits per heavy atom. The average molecular weight is 396 g/mol. The van der Waals surface area contributed by atoms with Crippen LogP contribution in [0.1, 0.15) is 29.0 Å². The normalized spacial score (nSPS) is 15.6. The second kappa shape index (κ2) is 7.46.